The highest BCUT2D eigenvalue weighted by Gasteiger charge is 2.29. The summed E-state index contributed by atoms with van der Waals surface area (Å²) >= 11 is 0. The van der Waals surface area contributed by atoms with E-state index < -0.39 is 0 Å². The molecule has 1 fully saturated rings. The Hall–Kier alpha value is -1.69. The lowest BCUT2D eigenvalue weighted by Gasteiger charge is -2.26. The van der Waals surface area contributed by atoms with E-state index in [1.54, 1.807) is 7.11 Å². The van der Waals surface area contributed by atoms with Crippen LogP contribution in [-0.4, -0.2) is 46.9 Å². The predicted molar refractivity (Wildman–Crippen MR) is 81.4 cm³/mol. The first-order valence-corrected chi connectivity index (χ1v) is 7.35. The summed E-state index contributed by atoms with van der Waals surface area (Å²) in [6.07, 6.45) is 2.75. The summed E-state index contributed by atoms with van der Waals surface area (Å²) in [6, 6.07) is 1.73. The summed E-state index contributed by atoms with van der Waals surface area (Å²) in [5.74, 6) is 0.502. The highest BCUT2D eigenvalue weighted by atomic mass is 16.5. The van der Waals surface area contributed by atoms with E-state index in [4.69, 9.17) is 4.74 Å². The van der Waals surface area contributed by atoms with Crippen LogP contribution in [0.5, 0.6) is 0 Å². The van der Waals surface area contributed by atoms with Gasteiger partial charge in [0.1, 0.15) is 0 Å². The molecule has 2 heterocycles. The molecule has 0 aromatic carbocycles. The van der Waals surface area contributed by atoms with Crippen molar-refractivity contribution >= 4 is 11.8 Å². The van der Waals surface area contributed by atoms with E-state index in [-0.39, 0.29) is 11.6 Å². The number of aryl methyl sites for hydroxylation is 2. The zero-order chi connectivity index (χ0) is 15.5. The maximum atomic E-state index is 12.3. The number of amides is 2. The third-order valence-corrected chi connectivity index (χ3v) is 4.29. The number of hydrogen-bond acceptors (Lipinski definition) is 4. The number of nitrogens with zero attached hydrogens (tertiary/aromatic N) is 3. The first-order chi connectivity index (χ1) is 9.93. The molecular formula is C15H24N4O2. The van der Waals surface area contributed by atoms with Crippen LogP contribution in [0.4, 0.5) is 10.6 Å². The van der Waals surface area contributed by atoms with E-state index in [2.05, 4.69) is 22.4 Å². The summed E-state index contributed by atoms with van der Waals surface area (Å²) < 4.78 is 5.55. The van der Waals surface area contributed by atoms with Crippen LogP contribution in [0.1, 0.15) is 37.4 Å². The van der Waals surface area contributed by atoms with Crippen molar-refractivity contribution in [2.75, 3.05) is 25.5 Å². The Morgan fingerprint density at radius 2 is 2.10 bits per heavy atom. The highest BCUT2D eigenvalue weighted by Crippen LogP contribution is 2.25. The fourth-order valence-corrected chi connectivity index (χ4v) is 2.46. The van der Waals surface area contributed by atoms with Gasteiger partial charge in [0.25, 0.3) is 0 Å². The Morgan fingerprint density at radius 1 is 1.33 bits per heavy atom. The minimum Gasteiger partial charge on any atom is -0.378 e. The normalized spacial score (nSPS) is 22.8. The largest absolute Gasteiger partial charge is 0.378 e. The van der Waals surface area contributed by atoms with Crippen molar-refractivity contribution in [3.63, 3.8) is 0 Å². The number of aromatic nitrogens is 2. The van der Waals surface area contributed by atoms with Crippen LogP contribution in [0.2, 0.25) is 0 Å². The number of urea groups is 1. The standard InChI is InChI=1S/C15H24N4O2/c1-11-10-13(18-17-12(11)2)16-14(20)19-8-5-6-15(3,21-4)7-9-19/h10H,5-9H2,1-4H3,(H,16,18,20). The average molecular weight is 292 g/mol. The fourth-order valence-electron chi connectivity index (χ4n) is 2.46. The van der Waals surface area contributed by atoms with Crippen LogP contribution in [-0.2, 0) is 4.74 Å². The minimum atomic E-state index is -0.130. The van der Waals surface area contributed by atoms with Gasteiger partial charge >= 0.3 is 6.03 Å². The summed E-state index contributed by atoms with van der Waals surface area (Å²) in [5.41, 5.74) is 1.76. The molecule has 2 rings (SSSR count). The van der Waals surface area contributed by atoms with Gasteiger partial charge in [-0.25, -0.2) is 4.79 Å². The van der Waals surface area contributed by atoms with Crippen molar-refractivity contribution < 1.29 is 9.53 Å². The molecule has 1 aliphatic heterocycles. The lowest BCUT2D eigenvalue weighted by molar-refractivity contribution is -0.00491. The molecule has 1 aromatic rings. The van der Waals surface area contributed by atoms with Gasteiger partial charge in [-0.15, -0.1) is 5.10 Å². The second-order valence-electron chi connectivity index (χ2n) is 5.92. The first kappa shape index (κ1) is 15.7. The van der Waals surface area contributed by atoms with Gasteiger partial charge in [0, 0.05) is 20.2 Å². The van der Waals surface area contributed by atoms with Gasteiger partial charge in [0.05, 0.1) is 11.3 Å². The number of carbonyl (C=O) groups is 1. The lowest BCUT2D eigenvalue weighted by Crippen LogP contribution is -2.37. The molecule has 1 aliphatic rings. The maximum Gasteiger partial charge on any atom is 0.323 e. The molecule has 0 radical (unpaired) electrons. The molecule has 0 saturated carbocycles. The number of carbonyl (C=O) groups excluding carboxylic acids is 1. The molecule has 1 N–H and O–H groups in total. The zero-order valence-electron chi connectivity index (χ0n) is 13.3. The summed E-state index contributed by atoms with van der Waals surface area (Å²) in [4.78, 5) is 14.1. The van der Waals surface area contributed by atoms with Crippen molar-refractivity contribution in [3.05, 3.63) is 17.3 Å². The molecule has 1 aromatic heterocycles. The number of nitrogens with one attached hydrogen (secondary N) is 1. The van der Waals surface area contributed by atoms with Crippen molar-refractivity contribution in [1.82, 2.24) is 15.1 Å². The van der Waals surface area contributed by atoms with Crippen LogP contribution in [0.25, 0.3) is 0 Å². The molecule has 0 aliphatic carbocycles. The van der Waals surface area contributed by atoms with Gasteiger partial charge in [-0.2, -0.15) is 5.10 Å². The average Bonchev–Trinajstić information content (AvgIpc) is 2.66. The smallest absolute Gasteiger partial charge is 0.323 e. The molecule has 116 valence electrons. The van der Waals surface area contributed by atoms with Crippen LogP contribution in [0.3, 0.4) is 0 Å². The van der Waals surface area contributed by atoms with Gasteiger partial charge in [0.2, 0.25) is 0 Å². The van der Waals surface area contributed by atoms with Crippen LogP contribution in [0, 0.1) is 13.8 Å². The quantitative estimate of drug-likeness (QED) is 0.909. The number of rotatable bonds is 2. The van der Waals surface area contributed by atoms with E-state index >= 15 is 0 Å². The van der Waals surface area contributed by atoms with Crippen LogP contribution in [0.15, 0.2) is 6.07 Å². The van der Waals surface area contributed by atoms with Gasteiger partial charge < -0.3 is 9.64 Å². The van der Waals surface area contributed by atoms with Gasteiger partial charge in [-0.3, -0.25) is 5.32 Å². The molecule has 2 amide bonds. The number of methoxy groups -OCH3 is 1. The highest BCUT2D eigenvalue weighted by molar-refractivity contribution is 5.88. The molecular weight excluding hydrogens is 268 g/mol. The Bertz CT molecular complexity index is 520. The monoisotopic (exact) mass is 292 g/mol. The van der Waals surface area contributed by atoms with E-state index in [0.29, 0.717) is 12.4 Å². The van der Waals surface area contributed by atoms with Crippen molar-refractivity contribution in [2.24, 2.45) is 0 Å². The molecule has 1 unspecified atom stereocenters. The van der Waals surface area contributed by atoms with Crippen molar-refractivity contribution in [3.8, 4) is 0 Å². The molecule has 6 heteroatoms. The first-order valence-electron chi connectivity index (χ1n) is 7.35. The zero-order valence-corrected chi connectivity index (χ0v) is 13.3. The lowest BCUT2D eigenvalue weighted by atomic mass is 9.97. The minimum absolute atomic E-state index is 0.118. The van der Waals surface area contributed by atoms with Crippen molar-refractivity contribution in [1.29, 1.82) is 0 Å². The molecule has 1 saturated heterocycles. The summed E-state index contributed by atoms with van der Waals surface area (Å²) in [5, 5.41) is 10.9. The molecule has 6 nitrogen and oxygen atoms in total. The SMILES string of the molecule is COC1(C)CCCN(C(=O)Nc2cc(C)c(C)nn2)CC1. The Labute approximate surface area is 125 Å². The maximum absolute atomic E-state index is 12.3. The number of ether oxygens (including phenoxy) is 1. The Kier molecular flexibility index (Phi) is 4.77. The Balaban J connectivity index is 1.98. The topological polar surface area (TPSA) is 67.3 Å². The second-order valence-corrected chi connectivity index (χ2v) is 5.92. The molecule has 0 spiro atoms. The van der Waals surface area contributed by atoms with E-state index in [0.717, 1.165) is 37.1 Å². The number of hydrogen-bond donors (Lipinski definition) is 1. The van der Waals surface area contributed by atoms with E-state index in [1.807, 2.05) is 24.8 Å². The third-order valence-electron chi connectivity index (χ3n) is 4.29. The van der Waals surface area contributed by atoms with Crippen LogP contribution >= 0.6 is 0 Å². The predicted octanol–water partition coefficient (Wildman–Crippen LogP) is 2.52. The molecule has 21 heavy (non-hydrogen) atoms. The molecule has 1 atom stereocenters. The molecule has 0 bridgehead atoms. The third kappa shape index (κ3) is 3.91. The fraction of sp³-hybridized carbons (Fsp3) is 0.667. The number of anilines is 1. The Morgan fingerprint density at radius 3 is 2.76 bits per heavy atom. The van der Waals surface area contributed by atoms with Crippen LogP contribution < -0.4 is 5.32 Å². The van der Waals surface area contributed by atoms with Gasteiger partial charge in [-0.1, -0.05) is 0 Å². The number of likely N-dealkylation sites (tertiary alicyclic amines) is 1. The second kappa shape index (κ2) is 6.39. The van der Waals surface area contributed by atoms with E-state index in [1.165, 1.54) is 0 Å². The van der Waals surface area contributed by atoms with Gasteiger partial charge in [-0.05, 0) is 51.7 Å². The van der Waals surface area contributed by atoms with E-state index in [9.17, 15) is 4.79 Å². The van der Waals surface area contributed by atoms with Crippen molar-refractivity contribution in [2.45, 2.75) is 45.6 Å². The van der Waals surface area contributed by atoms with Gasteiger partial charge in [0.15, 0.2) is 5.82 Å². The summed E-state index contributed by atoms with van der Waals surface area (Å²) in [6.45, 7) is 7.38. The summed E-state index contributed by atoms with van der Waals surface area (Å²) in [7, 11) is 1.74.